The van der Waals surface area contributed by atoms with Crippen molar-refractivity contribution in [2.24, 2.45) is 0 Å². The summed E-state index contributed by atoms with van der Waals surface area (Å²) in [6.07, 6.45) is 0. The van der Waals surface area contributed by atoms with Crippen LogP contribution in [0.2, 0.25) is 0 Å². The molecule has 0 atom stereocenters. The maximum Gasteiger partial charge on any atom is 0.296 e. The van der Waals surface area contributed by atoms with Gasteiger partial charge in [0.2, 0.25) is 0 Å². The second-order valence-corrected chi connectivity index (χ2v) is 10.9. The Morgan fingerprint density at radius 2 is 1.66 bits per heavy atom. The highest BCUT2D eigenvalue weighted by Gasteiger charge is 2.17. The highest BCUT2D eigenvalue weighted by atomic mass is 32.2. The third-order valence-electron chi connectivity index (χ3n) is 4.26. The normalized spacial score (nSPS) is 12.3. The quantitative estimate of drug-likeness (QED) is 0.0749. The Morgan fingerprint density at radius 1 is 0.969 bits per heavy atom. The zero-order valence-corrected chi connectivity index (χ0v) is 19.4. The fraction of sp³-hybridized carbons (Fsp3) is 0.333. The van der Waals surface area contributed by atoms with Crippen LogP contribution in [0, 0.1) is 0 Å². The predicted octanol–water partition coefficient (Wildman–Crippen LogP) is 0.821. The number of hydrogen-bond acceptors (Lipinski definition) is 11. The van der Waals surface area contributed by atoms with Crippen LogP contribution in [-0.2, 0) is 29.2 Å². The Labute approximate surface area is 191 Å². The molecule has 0 radical (unpaired) electrons. The summed E-state index contributed by atoms with van der Waals surface area (Å²) in [7, 11) is -7.99. The van der Waals surface area contributed by atoms with Crippen molar-refractivity contribution in [2.75, 3.05) is 50.1 Å². The minimum Gasteiger partial charge on any atom is -0.399 e. The third kappa shape index (κ3) is 8.22. The van der Waals surface area contributed by atoms with E-state index in [1.807, 2.05) is 0 Å². The second kappa shape index (κ2) is 11.8. The van der Waals surface area contributed by atoms with Gasteiger partial charge >= 0.3 is 0 Å². The number of hydrogen-bond donors (Lipinski definition) is 4. The standard InChI is InChI=1S/C18H25N3O8S3/c19-14-1-4-16(5-2-14)31(23,24)12-9-21(7-10-22)8-11-28-29-30-15-3-6-17(20)18(13-15)32(25,26)27/h1-6,13,22H,7-12,19-20H2,(H,25,26,27). The van der Waals surface area contributed by atoms with E-state index in [2.05, 4.69) is 0 Å². The molecule has 0 fully saturated rings. The van der Waals surface area contributed by atoms with Crippen molar-refractivity contribution in [1.82, 2.24) is 4.90 Å². The van der Waals surface area contributed by atoms with Gasteiger partial charge in [-0.15, -0.1) is 0 Å². The van der Waals surface area contributed by atoms with Crippen molar-refractivity contribution in [3.63, 3.8) is 0 Å². The summed E-state index contributed by atoms with van der Waals surface area (Å²) in [6, 6.07) is 9.85. The summed E-state index contributed by atoms with van der Waals surface area (Å²) in [5.74, 6) is -0.156. The molecule has 11 nitrogen and oxygen atoms in total. The van der Waals surface area contributed by atoms with Gasteiger partial charge in [-0.25, -0.2) is 13.3 Å². The molecule has 0 saturated heterocycles. The van der Waals surface area contributed by atoms with Crippen molar-refractivity contribution >= 4 is 43.4 Å². The maximum atomic E-state index is 12.4. The van der Waals surface area contributed by atoms with Crippen LogP contribution in [0.3, 0.4) is 0 Å². The number of nitrogens with two attached hydrogens (primary N) is 2. The van der Waals surface area contributed by atoms with Gasteiger partial charge in [-0.3, -0.25) is 9.45 Å². The van der Waals surface area contributed by atoms with E-state index < -0.39 is 24.9 Å². The Balaban J connectivity index is 1.81. The molecule has 2 aromatic rings. The fourth-order valence-corrected chi connectivity index (χ4v) is 5.06. The first kappa shape index (κ1) is 26.3. The first-order valence-electron chi connectivity index (χ1n) is 9.27. The number of nitrogen functional groups attached to an aromatic ring is 2. The largest absolute Gasteiger partial charge is 0.399 e. The zero-order chi connectivity index (χ0) is 23.8. The smallest absolute Gasteiger partial charge is 0.296 e. The minimum atomic E-state index is -4.47. The molecule has 0 aliphatic rings. The average Bonchev–Trinajstić information content (AvgIpc) is 2.72. The van der Waals surface area contributed by atoms with Crippen molar-refractivity contribution in [3.05, 3.63) is 42.5 Å². The fourth-order valence-electron chi connectivity index (χ4n) is 2.57. The van der Waals surface area contributed by atoms with Gasteiger partial charge in [0.15, 0.2) is 9.84 Å². The van der Waals surface area contributed by atoms with Crippen LogP contribution in [-0.4, -0.2) is 70.0 Å². The monoisotopic (exact) mass is 507 g/mol. The topological polar surface area (TPSA) is 182 Å². The van der Waals surface area contributed by atoms with Crippen LogP contribution in [0.25, 0.3) is 0 Å². The summed E-state index contributed by atoms with van der Waals surface area (Å²) in [5.41, 5.74) is 11.5. The first-order valence-corrected chi connectivity index (χ1v) is 13.1. The molecule has 32 heavy (non-hydrogen) atoms. The molecule has 178 valence electrons. The molecule has 0 heterocycles. The van der Waals surface area contributed by atoms with Crippen LogP contribution in [0.4, 0.5) is 11.4 Å². The second-order valence-electron chi connectivity index (χ2n) is 6.60. The number of anilines is 2. The van der Waals surface area contributed by atoms with E-state index in [0.29, 0.717) is 22.6 Å². The molecule has 0 saturated carbocycles. The van der Waals surface area contributed by atoms with Crippen molar-refractivity contribution in [1.29, 1.82) is 0 Å². The molecular formula is C18H25N3O8S3. The molecule has 6 N–H and O–H groups in total. The number of rotatable bonds is 13. The van der Waals surface area contributed by atoms with Crippen LogP contribution < -0.4 is 11.5 Å². The molecule has 2 rings (SSSR count). The lowest BCUT2D eigenvalue weighted by Gasteiger charge is -2.20. The van der Waals surface area contributed by atoms with Crippen molar-refractivity contribution < 1.29 is 35.7 Å². The summed E-state index contributed by atoms with van der Waals surface area (Å²) in [4.78, 5) is 6.78. The lowest BCUT2D eigenvalue weighted by Crippen LogP contribution is -2.34. The molecule has 0 spiro atoms. The Bertz CT molecular complexity index is 1090. The van der Waals surface area contributed by atoms with Gasteiger partial charge < -0.3 is 16.6 Å². The lowest BCUT2D eigenvalue weighted by atomic mass is 10.3. The summed E-state index contributed by atoms with van der Waals surface area (Å²) < 4.78 is 61.6. The number of aliphatic hydroxyl groups is 1. The van der Waals surface area contributed by atoms with Crippen LogP contribution in [0.5, 0.6) is 0 Å². The summed E-state index contributed by atoms with van der Waals surface area (Å²) in [6.45, 7) is 0.565. The molecule has 0 aliphatic heterocycles. The Morgan fingerprint density at radius 3 is 2.28 bits per heavy atom. The molecule has 0 amide bonds. The van der Waals surface area contributed by atoms with E-state index in [-0.39, 0.29) is 49.2 Å². The summed E-state index contributed by atoms with van der Waals surface area (Å²) in [5, 5.41) is 9.22. The molecule has 14 heteroatoms. The molecule has 0 unspecified atom stereocenters. The van der Waals surface area contributed by atoms with Gasteiger partial charge in [0.25, 0.3) is 10.1 Å². The van der Waals surface area contributed by atoms with Gasteiger partial charge in [0.05, 0.1) is 41.6 Å². The van der Waals surface area contributed by atoms with Crippen LogP contribution in [0.15, 0.2) is 57.2 Å². The van der Waals surface area contributed by atoms with Gasteiger partial charge in [-0.2, -0.15) is 12.8 Å². The third-order valence-corrected chi connectivity index (χ3v) is 7.49. The van der Waals surface area contributed by atoms with Crippen molar-refractivity contribution in [3.8, 4) is 0 Å². The molecule has 0 aliphatic carbocycles. The molecular weight excluding hydrogens is 482 g/mol. The van der Waals surface area contributed by atoms with Gasteiger partial charge in [-0.05, 0) is 42.5 Å². The lowest BCUT2D eigenvalue weighted by molar-refractivity contribution is -0.193. The van der Waals surface area contributed by atoms with Crippen molar-refractivity contribution in [2.45, 2.75) is 14.7 Å². The maximum absolute atomic E-state index is 12.4. The zero-order valence-electron chi connectivity index (χ0n) is 17.0. The van der Waals surface area contributed by atoms with Crippen LogP contribution in [0.1, 0.15) is 0 Å². The number of nitrogens with zero attached hydrogens (tertiary/aromatic N) is 1. The van der Waals surface area contributed by atoms with Gasteiger partial charge in [0.1, 0.15) is 4.90 Å². The Kier molecular flexibility index (Phi) is 9.72. The summed E-state index contributed by atoms with van der Waals surface area (Å²) >= 11 is 0.713. The van der Waals surface area contributed by atoms with E-state index in [1.54, 1.807) is 4.90 Å². The van der Waals surface area contributed by atoms with E-state index in [0.717, 1.165) is 6.07 Å². The van der Waals surface area contributed by atoms with Crippen LogP contribution >= 0.6 is 12.0 Å². The van der Waals surface area contributed by atoms with E-state index in [9.17, 15) is 21.9 Å². The molecule has 0 aromatic heterocycles. The highest BCUT2D eigenvalue weighted by Crippen LogP contribution is 2.26. The van der Waals surface area contributed by atoms with E-state index in [1.165, 1.54) is 36.4 Å². The van der Waals surface area contributed by atoms with Gasteiger partial charge in [0, 0.05) is 30.2 Å². The van der Waals surface area contributed by atoms with Gasteiger partial charge in [-0.1, -0.05) is 0 Å². The molecule has 0 bridgehead atoms. The van der Waals surface area contributed by atoms with E-state index in [4.69, 9.17) is 25.2 Å². The van der Waals surface area contributed by atoms with E-state index >= 15 is 0 Å². The number of sulfone groups is 1. The first-order chi connectivity index (χ1) is 15.0. The Hall–Kier alpha value is -1.91. The number of benzene rings is 2. The minimum absolute atomic E-state index is 0.0506. The molecule has 2 aromatic carbocycles. The predicted molar refractivity (Wildman–Crippen MR) is 120 cm³/mol. The SMILES string of the molecule is Nc1ccc(S(=O)(=O)CCN(CCO)CCOOSc2ccc(N)c(S(=O)(=O)O)c2)cc1. The highest BCUT2D eigenvalue weighted by molar-refractivity contribution is 7.94. The average molecular weight is 508 g/mol. The number of aliphatic hydroxyl groups excluding tert-OH is 1.